The van der Waals surface area contributed by atoms with E-state index >= 15 is 0 Å². The number of carbonyl (C=O) groups is 1. The third-order valence-corrected chi connectivity index (χ3v) is 3.08. The minimum Gasteiger partial charge on any atom is -0.343 e. The molecular formula is C12H11ClN6O. The number of imidazole rings is 1. The number of H-pyrrole nitrogens is 2. The molecule has 3 N–H and O–H groups in total. The number of carbonyl (C=O) groups excluding carboxylic acids is 1. The molecule has 3 aromatic rings. The predicted octanol–water partition coefficient (Wildman–Crippen LogP) is 1.57. The standard InChI is InChI=1S/C12H11ClN6O/c1-6-11(18-19-17-6)12(20)14-5-10-15-8-3-2-7(13)4-9(8)16-10/h2-4H,5H2,1H3,(H,14,20)(H,15,16)(H,17,18,19). The summed E-state index contributed by atoms with van der Waals surface area (Å²) in [7, 11) is 0. The maximum absolute atomic E-state index is 11.9. The van der Waals surface area contributed by atoms with Gasteiger partial charge in [0.05, 0.1) is 23.3 Å². The molecular weight excluding hydrogens is 280 g/mol. The number of rotatable bonds is 3. The fourth-order valence-electron chi connectivity index (χ4n) is 1.87. The molecule has 2 aromatic heterocycles. The number of aromatic amines is 2. The number of benzene rings is 1. The Balaban J connectivity index is 1.74. The number of hydrogen-bond acceptors (Lipinski definition) is 4. The van der Waals surface area contributed by atoms with Gasteiger partial charge in [0.1, 0.15) is 5.82 Å². The first kappa shape index (κ1) is 12.6. The number of amides is 1. The van der Waals surface area contributed by atoms with Crippen molar-refractivity contribution in [1.29, 1.82) is 0 Å². The molecule has 0 aliphatic heterocycles. The van der Waals surface area contributed by atoms with Crippen LogP contribution >= 0.6 is 11.6 Å². The summed E-state index contributed by atoms with van der Waals surface area (Å²) in [6.07, 6.45) is 0. The second-order valence-electron chi connectivity index (χ2n) is 4.29. The van der Waals surface area contributed by atoms with Gasteiger partial charge in [-0.3, -0.25) is 4.79 Å². The molecule has 1 amide bonds. The summed E-state index contributed by atoms with van der Waals surface area (Å²) in [5.74, 6) is 0.353. The number of nitrogens with zero attached hydrogens (tertiary/aromatic N) is 3. The first-order valence-corrected chi connectivity index (χ1v) is 6.31. The molecule has 7 nitrogen and oxygen atoms in total. The minimum absolute atomic E-state index is 0.275. The van der Waals surface area contributed by atoms with E-state index in [4.69, 9.17) is 11.6 Å². The summed E-state index contributed by atoms with van der Waals surface area (Å²) in [6, 6.07) is 5.38. The molecule has 0 radical (unpaired) electrons. The maximum Gasteiger partial charge on any atom is 0.274 e. The highest BCUT2D eigenvalue weighted by Crippen LogP contribution is 2.17. The lowest BCUT2D eigenvalue weighted by atomic mass is 10.3. The van der Waals surface area contributed by atoms with Gasteiger partial charge < -0.3 is 10.3 Å². The van der Waals surface area contributed by atoms with Crippen LogP contribution in [0.4, 0.5) is 0 Å². The number of fused-ring (bicyclic) bond motifs is 1. The van der Waals surface area contributed by atoms with Gasteiger partial charge in [0, 0.05) is 5.02 Å². The van der Waals surface area contributed by atoms with E-state index < -0.39 is 0 Å². The maximum atomic E-state index is 11.9. The molecule has 0 atom stereocenters. The van der Waals surface area contributed by atoms with E-state index in [1.54, 1.807) is 19.1 Å². The fraction of sp³-hybridized carbons (Fsp3) is 0.167. The van der Waals surface area contributed by atoms with E-state index in [-0.39, 0.29) is 18.1 Å². The van der Waals surface area contributed by atoms with Crippen molar-refractivity contribution < 1.29 is 4.79 Å². The fourth-order valence-corrected chi connectivity index (χ4v) is 2.04. The Kier molecular flexibility index (Phi) is 3.11. The van der Waals surface area contributed by atoms with Crippen molar-refractivity contribution in [1.82, 2.24) is 30.7 Å². The van der Waals surface area contributed by atoms with Crippen LogP contribution in [-0.4, -0.2) is 31.3 Å². The van der Waals surface area contributed by atoms with Crippen molar-refractivity contribution >= 4 is 28.5 Å². The predicted molar refractivity (Wildman–Crippen MR) is 73.4 cm³/mol. The number of nitrogens with one attached hydrogen (secondary N) is 3. The highest BCUT2D eigenvalue weighted by atomic mass is 35.5. The van der Waals surface area contributed by atoms with Crippen molar-refractivity contribution in [2.45, 2.75) is 13.5 Å². The molecule has 0 aliphatic carbocycles. The van der Waals surface area contributed by atoms with E-state index in [1.165, 1.54) is 0 Å². The summed E-state index contributed by atoms with van der Waals surface area (Å²) in [4.78, 5) is 19.3. The van der Waals surface area contributed by atoms with Gasteiger partial charge in [0.15, 0.2) is 5.69 Å². The molecule has 0 aliphatic rings. The quantitative estimate of drug-likeness (QED) is 0.682. The highest BCUT2D eigenvalue weighted by molar-refractivity contribution is 6.31. The van der Waals surface area contributed by atoms with Gasteiger partial charge in [-0.15, -0.1) is 0 Å². The van der Waals surface area contributed by atoms with E-state index in [1.807, 2.05) is 6.07 Å². The Labute approximate surface area is 118 Å². The monoisotopic (exact) mass is 290 g/mol. The first-order valence-electron chi connectivity index (χ1n) is 5.93. The van der Waals surface area contributed by atoms with Gasteiger partial charge in [-0.25, -0.2) is 4.98 Å². The summed E-state index contributed by atoms with van der Waals surface area (Å²) in [5.41, 5.74) is 2.47. The largest absolute Gasteiger partial charge is 0.343 e. The molecule has 102 valence electrons. The molecule has 20 heavy (non-hydrogen) atoms. The Bertz CT molecular complexity index is 777. The molecule has 2 heterocycles. The Morgan fingerprint density at radius 2 is 2.25 bits per heavy atom. The third kappa shape index (κ3) is 2.35. The van der Waals surface area contributed by atoms with E-state index in [0.29, 0.717) is 16.5 Å². The van der Waals surface area contributed by atoms with Crippen LogP contribution in [0.2, 0.25) is 5.02 Å². The average Bonchev–Trinajstić information content (AvgIpc) is 3.01. The molecule has 0 fully saturated rings. The lowest BCUT2D eigenvalue weighted by Gasteiger charge is -2.00. The van der Waals surface area contributed by atoms with Crippen LogP contribution in [0.5, 0.6) is 0 Å². The van der Waals surface area contributed by atoms with Crippen molar-refractivity contribution in [3.8, 4) is 0 Å². The molecule has 0 saturated carbocycles. The lowest BCUT2D eigenvalue weighted by Crippen LogP contribution is -2.24. The molecule has 3 rings (SSSR count). The molecule has 0 spiro atoms. The molecule has 1 aromatic carbocycles. The van der Waals surface area contributed by atoms with Gasteiger partial charge in [0.2, 0.25) is 0 Å². The molecule has 0 unspecified atom stereocenters. The third-order valence-electron chi connectivity index (χ3n) is 2.85. The van der Waals surface area contributed by atoms with Crippen LogP contribution in [0.3, 0.4) is 0 Å². The zero-order valence-electron chi connectivity index (χ0n) is 10.6. The minimum atomic E-state index is -0.297. The number of hydrogen-bond donors (Lipinski definition) is 3. The van der Waals surface area contributed by atoms with Crippen LogP contribution in [0.25, 0.3) is 11.0 Å². The highest BCUT2D eigenvalue weighted by Gasteiger charge is 2.13. The Hall–Kier alpha value is -2.41. The average molecular weight is 291 g/mol. The van der Waals surface area contributed by atoms with Crippen molar-refractivity contribution in [3.63, 3.8) is 0 Å². The van der Waals surface area contributed by atoms with E-state index in [0.717, 1.165) is 11.0 Å². The summed E-state index contributed by atoms with van der Waals surface area (Å²) < 4.78 is 0. The zero-order chi connectivity index (χ0) is 14.1. The van der Waals surface area contributed by atoms with Gasteiger partial charge in [-0.1, -0.05) is 11.6 Å². The van der Waals surface area contributed by atoms with Gasteiger partial charge in [-0.05, 0) is 25.1 Å². The SMILES string of the molecule is Cc1n[nH]nc1C(=O)NCc1nc2ccc(Cl)cc2[nH]1. The van der Waals surface area contributed by atoms with E-state index in [2.05, 4.69) is 30.7 Å². The van der Waals surface area contributed by atoms with Crippen molar-refractivity contribution in [3.05, 3.63) is 40.4 Å². The topological polar surface area (TPSA) is 99.3 Å². The molecule has 8 heteroatoms. The smallest absolute Gasteiger partial charge is 0.274 e. The van der Waals surface area contributed by atoms with Crippen molar-refractivity contribution in [2.24, 2.45) is 0 Å². The second kappa shape index (κ2) is 4.93. The van der Waals surface area contributed by atoms with Crippen LogP contribution < -0.4 is 5.32 Å². The summed E-state index contributed by atoms with van der Waals surface area (Å²) in [5, 5.41) is 13.4. The summed E-state index contributed by atoms with van der Waals surface area (Å²) >= 11 is 5.90. The second-order valence-corrected chi connectivity index (χ2v) is 4.72. The van der Waals surface area contributed by atoms with E-state index in [9.17, 15) is 4.79 Å². The summed E-state index contributed by atoms with van der Waals surface area (Å²) in [6.45, 7) is 1.99. The Morgan fingerprint density at radius 1 is 1.40 bits per heavy atom. The van der Waals surface area contributed by atoms with Crippen LogP contribution in [0, 0.1) is 6.92 Å². The molecule has 0 saturated heterocycles. The number of halogens is 1. The van der Waals surface area contributed by atoms with Crippen LogP contribution in [-0.2, 0) is 6.54 Å². The van der Waals surface area contributed by atoms with Crippen molar-refractivity contribution in [2.75, 3.05) is 0 Å². The normalized spacial score (nSPS) is 10.9. The Morgan fingerprint density at radius 3 is 3.00 bits per heavy atom. The number of aromatic nitrogens is 5. The van der Waals surface area contributed by atoms with Gasteiger partial charge in [0.25, 0.3) is 5.91 Å². The van der Waals surface area contributed by atoms with Gasteiger partial charge >= 0.3 is 0 Å². The van der Waals surface area contributed by atoms with Gasteiger partial charge in [-0.2, -0.15) is 15.4 Å². The first-order chi connectivity index (χ1) is 9.63. The molecule has 0 bridgehead atoms. The lowest BCUT2D eigenvalue weighted by molar-refractivity contribution is 0.0944. The number of aryl methyl sites for hydroxylation is 1. The zero-order valence-corrected chi connectivity index (χ0v) is 11.3. The van der Waals surface area contributed by atoms with Crippen LogP contribution in [0.15, 0.2) is 18.2 Å². The van der Waals surface area contributed by atoms with Crippen LogP contribution in [0.1, 0.15) is 22.0 Å².